The van der Waals surface area contributed by atoms with Gasteiger partial charge < -0.3 is 9.30 Å². The molecule has 0 aromatic carbocycles. The second-order valence-corrected chi connectivity index (χ2v) is 10.3. The van der Waals surface area contributed by atoms with Crippen molar-refractivity contribution < 1.29 is 14.1 Å². The molecule has 0 fully saturated rings. The Morgan fingerprint density at radius 3 is 2.77 bits per heavy atom. The molecule has 0 radical (unpaired) electrons. The van der Waals surface area contributed by atoms with Gasteiger partial charge in [0, 0.05) is 20.0 Å². The Bertz CT molecular complexity index is 604. The number of esters is 1. The molecular weight excluding hydrogens is 323 g/mol. The molecule has 1 N–H and O–H groups in total. The van der Waals surface area contributed by atoms with Crippen LogP contribution in [0.5, 0.6) is 0 Å². The average Bonchev–Trinajstić information content (AvgIpc) is 2.69. The summed E-state index contributed by atoms with van der Waals surface area (Å²) in [5.41, 5.74) is 1.06. The highest BCUT2D eigenvalue weighted by Crippen LogP contribution is 2.62. The number of imidazole rings is 1. The quantitative estimate of drug-likeness (QED) is 0.660. The maximum atomic E-state index is 13.3. The zero-order chi connectivity index (χ0) is 16.5. The highest BCUT2D eigenvalue weighted by atomic mass is 32.7. The molecule has 1 aliphatic heterocycles. The maximum Gasteiger partial charge on any atom is 0.323 e. The zero-order valence-corrected chi connectivity index (χ0v) is 15.3. The van der Waals surface area contributed by atoms with Gasteiger partial charge in [-0.25, -0.2) is 14.7 Å². The summed E-state index contributed by atoms with van der Waals surface area (Å²) in [5, 5.41) is 3.72. The third-order valence-electron chi connectivity index (χ3n) is 3.41. The van der Waals surface area contributed by atoms with Crippen LogP contribution in [0.15, 0.2) is 11.4 Å². The Balaban J connectivity index is 2.17. The van der Waals surface area contributed by atoms with Gasteiger partial charge >= 0.3 is 5.97 Å². The monoisotopic (exact) mass is 346 g/mol. The summed E-state index contributed by atoms with van der Waals surface area (Å²) >= 11 is 1.20. The minimum atomic E-state index is -3.00. The molecule has 124 valence electrons. The van der Waals surface area contributed by atoms with Crippen molar-refractivity contribution in [2.45, 2.75) is 44.4 Å². The third kappa shape index (κ3) is 3.74. The predicted molar refractivity (Wildman–Crippen MR) is 86.8 cm³/mol. The number of hydrogen-bond donors (Lipinski definition) is 1. The lowest BCUT2D eigenvalue weighted by molar-refractivity contribution is -0.148. The van der Waals surface area contributed by atoms with E-state index in [1.165, 1.54) is 11.4 Å². The van der Waals surface area contributed by atoms with Crippen LogP contribution in [0.2, 0.25) is 0 Å². The van der Waals surface area contributed by atoms with Crippen molar-refractivity contribution >= 4 is 24.0 Å². The van der Waals surface area contributed by atoms with Gasteiger partial charge in [-0.2, -0.15) is 0 Å². The Hall–Kier alpha value is -0.820. The van der Waals surface area contributed by atoms with E-state index in [0.717, 1.165) is 17.1 Å². The molecule has 0 bridgehead atoms. The number of carbonyl (C=O) groups excluding carboxylic acids is 1. The van der Waals surface area contributed by atoms with Crippen LogP contribution >= 0.6 is 18.0 Å². The zero-order valence-electron chi connectivity index (χ0n) is 13.6. The van der Waals surface area contributed by atoms with Gasteiger partial charge in [-0.15, -0.1) is 0 Å². The summed E-state index contributed by atoms with van der Waals surface area (Å²) in [6.45, 7) is 2.89. The number of hydrogen-bond acceptors (Lipinski definition) is 5. The van der Waals surface area contributed by atoms with E-state index >= 15 is 0 Å². The van der Waals surface area contributed by atoms with Crippen LogP contribution in [0.3, 0.4) is 0 Å². The predicted octanol–water partition coefficient (Wildman–Crippen LogP) is 2.04. The summed E-state index contributed by atoms with van der Waals surface area (Å²) in [6.07, 6.45) is 2.30. The van der Waals surface area contributed by atoms with Crippen LogP contribution in [0, 0.1) is 0 Å². The number of likely N-dealkylation sites (N-methyl/N-ethyl adjacent to an activating group) is 1. The third-order valence-corrected chi connectivity index (χ3v) is 8.40. The van der Waals surface area contributed by atoms with E-state index in [2.05, 4.69) is 10.1 Å². The molecular formula is C13H23N4O3PS. The van der Waals surface area contributed by atoms with E-state index in [0.29, 0.717) is 6.54 Å². The number of rotatable bonds is 4. The molecule has 0 saturated heterocycles. The highest BCUT2D eigenvalue weighted by Gasteiger charge is 2.37. The van der Waals surface area contributed by atoms with Crippen molar-refractivity contribution in [2.24, 2.45) is 7.05 Å². The fraction of sp³-hybridized carbons (Fsp3) is 0.692. The van der Waals surface area contributed by atoms with Crippen LogP contribution in [0.1, 0.15) is 26.5 Å². The van der Waals surface area contributed by atoms with E-state index in [1.807, 2.05) is 11.6 Å². The fourth-order valence-electron chi connectivity index (χ4n) is 2.14. The van der Waals surface area contributed by atoms with Gasteiger partial charge in [-0.05, 0) is 39.2 Å². The molecule has 1 aromatic rings. The largest absolute Gasteiger partial charge is 0.462 e. The average molecular weight is 346 g/mol. The first-order chi connectivity index (χ1) is 10.2. The maximum absolute atomic E-state index is 13.3. The van der Waals surface area contributed by atoms with E-state index in [9.17, 15) is 9.36 Å². The van der Waals surface area contributed by atoms with Crippen molar-refractivity contribution in [2.75, 3.05) is 13.6 Å². The molecule has 0 aliphatic carbocycles. The lowest BCUT2D eigenvalue weighted by Gasteiger charge is -2.28. The number of fused-ring (bicyclic) bond motifs is 1. The summed E-state index contributed by atoms with van der Waals surface area (Å²) in [6, 6.07) is -0.645. The van der Waals surface area contributed by atoms with Crippen molar-refractivity contribution in [3.63, 3.8) is 0 Å². The van der Waals surface area contributed by atoms with Crippen molar-refractivity contribution in [3.05, 3.63) is 12.0 Å². The van der Waals surface area contributed by atoms with Crippen molar-refractivity contribution in [1.82, 2.24) is 19.3 Å². The smallest absolute Gasteiger partial charge is 0.323 e. The van der Waals surface area contributed by atoms with Crippen LogP contribution < -0.4 is 5.09 Å². The summed E-state index contributed by atoms with van der Waals surface area (Å²) in [7, 11) is 3.73. The Labute approximate surface area is 135 Å². The SMILES string of the molecule is CC(C)OC(=O)[C@H](C)NP1(=O)Sc2ncn(C)c2CCN1C. The first-order valence-corrected chi connectivity index (χ1v) is 10.3. The molecule has 0 saturated carbocycles. The van der Waals surface area contributed by atoms with Gasteiger partial charge in [0.2, 0.25) is 0 Å². The first-order valence-electron chi connectivity index (χ1n) is 7.22. The molecule has 1 aliphatic rings. The molecule has 2 heterocycles. The highest BCUT2D eigenvalue weighted by molar-refractivity contribution is 8.56. The normalized spacial score (nSPS) is 23.9. The van der Waals surface area contributed by atoms with E-state index < -0.39 is 18.7 Å². The Kier molecular flexibility index (Phi) is 5.37. The van der Waals surface area contributed by atoms with Crippen LogP contribution in [-0.2, 0) is 27.6 Å². The van der Waals surface area contributed by atoms with E-state index in [1.54, 1.807) is 38.8 Å². The molecule has 2 atom stereocenters. The number of aromatic nitrogens is 2. The summed E-state index contributed by atoms with van der Waals surface area (Å²) in [4.78, 5) is 16.3. The lowest BCUT2D eigenvalue weighted by Crippen LogP contribution is -2.37. The molecule has 0 spiro atoms. The second kappa shape index (κ2) is 6.74. The van der Waals surface area contributed by atoms with Gasteiger partial charge in [0.1, 0.15) is 11.1 Å². The molecule has 22 heavy (non-hydrogen) atoms. The van der Waals surface area contributed by atoms with Crippen LogP contribution in [0.4, 0.5) is 0 Å². The molecule has 1 aromatic heterocycles. The molecule has 2 rings (SSSR count). The number of nitrogens with zero attached hydrogens (tertiary/aromatic N) is 3. The van der Waals surface area contributed by atoms with Crippen LogP contribution in [0.25, 0.3) is 0 Å². The van der Waals surface area contributed by atoms with Gasteiger partial charge in [0.25, 0.3) is 6.65 Å². The van der Waals surface area contributed by atoms with Gasteiger partial charge in [0.05, 0.1) is 18.1 Å². The molecule has 0 amide bonds. The topological polar surface area (TPSA) is 76.5 Å². The van der Waals surface area contributed by atoms with Crippen molar-refractivity contribution in [3.8, 4) is 0 Å². The lowest BCUT2D eigenvalue weighted by atomic mass is 10.3. The number of ether oxygens (including phenoxy) is 1. The molecule has 7 nitrogen and oxygen atoms in total. The summed E-state index contributed by atoms with van der Waals surface area (Å²) in [5.74, 6) is -0.398. The first kappa shape index (κ1) is 17.5. The van der Waals surface area contributed by atoms with Crippen molar-refractivity contribution in [1.29, 1.82) is 0 Å². The van der Waals surface area contributed by atoms with E-state index in [-0.39, 0.29) is 6.10 Å². The number of nitrogens with one attached hydrogen (secondary N) is 1. The van der Waals surface area contributed by atoms with Gasteiger partial charge in [-0.3, -0.25) is 9.36 Å². The number of aryl methyl sites for hydroxylation is 1. The van der Waals surface area contributed by atoms with Crippen LogP contribution in [-0.4, -0.2) is 45.9 Å². The minimum absolute atomic E-state index is 0.195. The standard InChI is InChI=1S/C13H23N4O3PS/c1-9(2)20-13(18)10(3)15-21(19)17(5)7-6-11-12(22-21)14-8-16(11)4/h8-10H,6-7H2,1-5H3,(H,15,19)/t10-,21?/m0/s1. The Morgan fingerprint density at radius 2 is 2.14 bits per heavy atom. The number of carbonyl (C=O) groups is 1. The fourth-order valence-corrected chi connectivity index (χ4v) is 6.62. The van der Waals surface area contributed by atoms with Gasteiger partial charge in [-0.1, -0.05) is 0 Å². The second-order valence-electron chi connectivity index (χ2n) is 5.69. The molecule has 1 unspecified atom stereocenters. The molecule has 9 heteroatoms. The van der Waals surface area contributed by atoms with Gasteiger partial charge in [0.15, 0.2) is 0 Å². The summed E-state index contributed by atoms with van der Waals surface area (Å²) < 4.78 is 22.2. The Morgan fingerprint density at radius 1 is 1.45 bits per heavy atom. The van der Waals surface area contributed by atoms with E-state index in [4.69, 9.17) is 4.74 Å². The minimum Gasteiger partial charge on any atom is -0.462 e.